The van der Waals surface area contributed by atoms with Gasteiger partial charge in [-0.25, -0.2) is 9.97 Å². The third-order valence-electron chi connectivity index (χ3n) is 5.44. The van der Waals surface area contributed by atoms with Crippen molar-refractivity contribution in [3.63, 3.8) is 0 Å². The fraction of sp³-hybridized carbons (Fsp3) is 0.524. The zero-order valence-corrected chi connectivity index (χ0v) is 15.5. The molecular formula is C21H29N5. The fourth-order valence-corrected chi connectivity index (χ4v) is 3.94. The highest BCUT2D eigenvalue weighted by atomic mass is 15.2. The van der Waals surface area contributed by atoms with Crippen molar-refractivity contribution in [2.24, 2.45) is 0 Å². The lowest BCUT2D eigenvalue weighted by atomic mass is 10.1. The molecule has 1 aromatic heterocycles. The van der Waals surface area contributed by atoms with Gasteiger partial charge in [0.1, 0.15) is 18.0 Å². The fourth-order valence-electron chi connectivity index (χ4n) is 3.94. The molecule has 2 aliphatic heterocycles. The maximum absolute atomic E-state index is 4.49. The second kappa shape index (κ2) is 8.39. The van der Waals surface area contributed by atoms with Gasteiger partial charge in [-0.3, -0.25) is 0 Å². The Balaban J connectivity index is 1.42. The molecule has 26 heavy (non-hydrogen) atoms. The first-order chi connectivity index (χ1) is 12.9. The van der Waals surface area contributed by atoms with E-state index < -0.39 is 0 Å². The number of hydrogen-bond acceptors (Lipinski definition) is 5. The monoisotopic (exact) mass is 351 g/mol. The molecule has 0 spiro atoms. The minimum atomic E-state index is 0.866. The molecule has 2 aromatic rings. The normalized spacial score (nSPS) is 18.5. The van der Waals surface area contributed by atoms with Gasteiger partial charge in [-0.2, -0.15) is 0 Å². The lowest BCUT2D eigenvalue weighted by Gasteiger charge is -2.28. The lowest BCUT2D eigenvalue weighted by Crippen LogP contribution is -2.29. The van der Waals surface area contributed by atoms with Crippen LogP contribution in [0.5, 0.6) is 0 Å². The maximum Gasteiger partial charge on any atom is 0.135 e. The van der Waals surface area contributed by atoms with Gasteiger partial charge in [-0.15, -0.1) is 0 Å². The minimum absolute atomic E-state index is 0.866. The van der Waals surface area contributed by atoms with Crippen LogP contribution in [0.3, 0.4) is 0 Å². The van der Waals surface area contributed by atoms with Gasteiger partial charge in [0.15, 0.2) is 0 Å². The first-order valence-electron chi connectivity index (χ1n) is 10.1. The summed E-state index contributed by atoms with van der Waals surface area (Å²) in [7, 11) is 0. The summed E-state index contributed by atoms with van der Waals surface area (Å²) >= 11 is 0. The number of aromatic nitrogens is 2. The van der Waals surface area contributed by atoms with Gasteiger partial charge in [0, 0.05) is 43.6 Å². The highest BCUT2D eigenvalue weighted by Crippen LogP contribution is 2.24. The van der Waals surface area contributed by atoms with Crippen molar-refractivity contribution in [1.29, 1.82) is 0 Å². The third-order valence-corrected chi connectivity index (χ3v) is 5.44. The van der Waals surface area contributed by atoms with E-state index in [0.717, 1.165) is 30.4 Å². The zero-order valence-electron chi connectivity index (χ0n) is 15.5. The maximum atomic E-state index is 4.49. The van der Waals surface area contributed by atoms with E-state index in [2.05, 4.69) is 55.4 Å². The molecule has 5 nitrogen and oxygen atoms in total. The summed E-state index contributed by atoms with van der Waals surface area (Å²) < 4.78 is 0. The predicted octanol–water partition coefficient (Wildman–Crippen LogP) is 4.59. The molecule has 0 bridgehead atoms. The van der Waals surface area contributed by atoms with Crippen molar-refractivity contribution in [2.75, 3.05) is 41.3 Å². The third kappa shape index (κ3) is 4.26. The Hall–Kier alpha value is -2.30. The van der Waals surface area contributed by atoms with Gasteiger partial charge < -0.3 is 15.1 Å². The number of rotatable bonds is 4. The molecule has 5 heteroatoms. The highest BCUT2D eigenvalue weighted by molar-refractivity contribution is 5.62. The number of nitrogens with zero attached hydrogens (tertiary/aromatic N) is 4. The number of benzene rings is 1. The quantitative estimate of drug-likeness (QED) is 0.873. The van der Waals surface area contributed by atoms with E-state index in [9.17, 15) is 0 Å². The van der Waals surface area contributed by atoms with E-state index in [1.807, 2.05) is 0 Å². The number of nitrogens with one attached hydrogen (secondary N) is 1. The van der Waals surface area contributed by atoms with Crippen LogP contribution in [-0.2, 0) is 0 Å². The molecule has 0 amide bonds. The molecule has 138 valence electrons. The summed E-state index contributed by atoms with van der Waals surface area (Å²) in [6.45, 7) is 4.55. The SMILES string of the molecule is c1nc(Nc2ccc(N3CCCCC3)cc2)cc(N2CCCCCC2)n1. The van der Waals surface area contributed by atoms with Gasteiger partial charge in [0.25, 0.3) is 0 Å². The van der Waals surface area contributed by atoms with Crippen LogP contribution in [0.15, 0.2) is 36.7 Å². The van der Waals surface area contributed by atoms with Gasteiger partial charge in [-0.1, -0.05) is 12.8 Å². The summed E-state index contributed by atoms with van der Waals surface area (Å²) in [5.74, 6) is 1.90. The summed E-state index contributed by atoms with van der Waals surface area (Å²) in [6.07, 6.45) is 10.8. The number of hydrogen-bond donors (Lipinski definition) is 1. The Morgan fingerprint density at radius 2 is 1.31 bits per heavy atom. The molecule has 0 radical (unpaired) electrons. The number of piperidine rings is 1. The Morgan fingerprint density at radius 1 is 0.692 bits per heavy atom. The molecule has 1 aromatic carbocycles. The van der Waals surface area contributed by atoms with Crippen molar-refractivity contribution in [3.8, 4) is 0 Å². The average molecular weight is 351 g/mol. The second-order valence-electron chi connectivity index (χ2n) is 7.38. The second-order valence-corrected chi connectivity index (χ2v) is 7.38. The molecule has 0 saturated carbocycles. The van der Waals surface area contributed by atoms with Crippen LogP contribution in [-0.4, -0.2) is 36.1 Å². The first kappa shape index (κ1) is 17.1. The first-order valence-corrected chi connectivity index (χ1v) is 10.1. The van der Waals surface area contributed by atoms with Gasteiger partial charge in [0.05, 0.1) is 0 Å². The molecule has 1 N–H and O–H groups in total. The van der Waals surface area contributed by atoms with Crippen LogP contribution in [0, 0.1) is 0 Å². The summed E-state index contributed by atoms with van der Waals surface area (Å²) in [4.78, 5) is 13.8. The van der Waals surface area contributed by atoms with Gasteiger partial charge in [-0.05, 0) is 56.4 Å². The average Bonchev–Trinajstić information content (AvgIpc) is 2.99. The lowest BCUT2D eigenvalue weighted by molar-refractivity contribution is 0.578. The van der Waals surface area contributed by atoms with Crippen LogP contribution in [0.2, 0.25) is 0 Å². The van der Waals surface area contributed by atoms with Gasteiger partial charge >= 0.3 is 0 Å². The largest absolute Gasteiger partial charge is 0.372 e. The van der Waals surface area contributed by atoms with E-state index >= 15 is 0 Å². The smallest absolute Gasteiger partial charge is 0.135 e. The van der Waals surface area contributed by atoms with Crippen molar-refractivity contribution in [2.45, 2.75) is 44.9 Å². The molecule has 0 aliphatic carbocycles. The van der Waals surface area contributed by atoms with E-state index in [0.29, 0.717) is 0 Å². The van der Waals surface area contributed by atoms with E-state index in [-0.39, 0.29) is 0 Å². The minimum Gasteiger partial charge on any atom is -0.372 e. The summed E-state index contributed by atoms with van der Waals surface area (Å²) in [5, 5.41) is 3.43. The van der Waals surface area contributed by atoms with E-state index in [1.165, 1.54) is 63.7 Å². The van der Waals surface area contributed by atoms with Gasteiger partial charge in [0.2, 0.25) is 0 Å². The topological polar surface area (TPSA) is 44.3 Å². The van der Waals surface area contributed by atoms with Crippen LogP contribution in [0.25, 0.3) is 0 Å². The van der Waals surface area contributed by atoms with Crippen molar-refractivity contribution < 1.29 is 0 Å². The zero-order chi connectivity index (χ0) is 17.6. The van der Waals surface area contributed by atoms with E-state index in [1.54, 1.807) is 6.33 Å². The predicted molar refractivity (Wildman–Crippen MR) is 109 cm³/mol. The molecule has 2 aliphatic rings. The Kier molecular flexibility index (Phi) is 5.53. The van der Waals surface area contributed by atoms with Crippen molar-refractivity contribution in [3.05, 3.63) is 36.7 Å². The Labute approximate surface area is 156 Å². The van der Waals surface area contributed by atoms with Crippen LogP contribution < -0.4 is 15.1 Å². The summed E-state index contributed by atoms with van der Waals surface area (Å²) in [6, 6.07) is 10.8. The van der Waals surface area contributed by atoms with Crippen LogP contribution >= 0.6 is 0 Å². The molecule has 2 fully saturated rings. The van der Waals surface area contributed by atoms with E-state index in [4.69, 9.17) is 0 Å². The number of anilines is 4. The molecule has 0 atom stereocenters. The summed E-state index contributed by atoms with van der Waals surface area (Å²) in [5.41, 5.74) is 2.40. The standard InChI is InChI=1S/C21H29N5/c1-2-5-15-26(14-4-1)21-16-20(22-17-23-21)24-18-8-10-19(11-9-18)25-12-6-3-7-13-25/h8-11,16-17H,1-7,12-15H2,(H,22,23,24). The highest BCUT2D eigenvalue weighted by Gasteiger charge is 2.13. The molecule has 2 saturated heterocycles. The van der Waals surface area contributed by atoms with Crippen LogP contribution in [0.4, 0.5) is 23.0 Å². The molecule has 4 rings (SSSR count). The van der Waals surface area contributed by atoms with Crippen LogP contribution in [0.1, 0.15) is 44.9 Å². The molecule has 3 heterocycles. The molecule has 0 unspecified atom stereocenters. The Bertz CT molecular complexity index is 686. The van der Waals surface area contributed by atoms with Crippen molar-refractivity contribution >= 4 is 23.0 Å². The molecular weight excluding hydrogens is 322 g/mol. The van der Waals surface area contributed by atoms with Crippen molar-refractivity contribution in [1.82, 2.24) is 9.97 Å². The Morgan fingerprint density at radius 3 is 2.00 bits per heavy atom.